The molecular formula is C29H31N5O5. The van der Waals surface area contributed by atoms with E-state index in [4.69, 9.17) is 19.9 Å². The summed E-state index contributed by atoms with van der Waals surface area (Å²) in [5, 5.41) is 6.85. The van der Waals surface area contributed by atoms with Crippen LogP contribution in [0.4, 0.5) is 10.6 Å². The van der Waals surface area contributed by atoms with Crippen LogP contribution in [0.2, 0.25) is 0 Å². The topological polar surface area (TPSA) is 130 Å². The Balaban J connectivity index is 1.36. The number of ether oxygens (including phenoxy) is 3. The molecule has 10 nitrogen and oxygen atoms in total. The standard InChI is InChI=1S/C29H31N5O5/c1-3-37-10-11-38-25-15-24-21(12-18(2)34(24)29(30)36)13-26(25)39-23-8-9-32-27(14-23)33-28(35)20-6-4-19(5-7-20)22-16-31-17-22/h4-9,12-15,22,31H,3,10-11,16-17H2,1-2H3,(H2,30,36)(H,32,33,35). The molecule has 4 N–H and O–H groups in total. The van der Waals surface area contributed by atoms with Crippen molar-refractivity contribution in [2.75, 3.05) is 38.2 Å². The molecule has 0 atom stereocenters. The van der Waals surface area contributed by atoms with Crippen molar-refractivity contribution in [3.63, 3.8) is 0 Å². The number of anilines is 1. The molecule has 10 heteroatoms. The Labute approximate surface area is 226 Å². The SMILES string of the molecule is CCOCCOc1cc2c(cc1Oc1ccnc(NC(=O)c3ccc(C4CNC4)cc3)c1)cc(C)n2C(N)=O. The fourth-order valence-corrected chi connectivity index (χ4v) is 4.48. The first kappa shape index (κ1) is 26.2. The first-order valence-corrected chi connectivity index (χ1v) is 12.9. The second-order valence-electron chi connectivity index (χ2n) is 9.27. The van der Waals surface area contributed by atoms with Crippen LogP contribution in [-0.2, 0) is 4.74 Å². The maximum absolute atomic E-state index is 12.8. The molecule has 39 heavy (non-hydrogen) atoms. The molecule has 2 aromatic heterocycles. The molecule has 5 rings (SSSR count). The largest absolute Gasteiger partial charge is 0.487 e. The van der Waals surface area contributed by atoms with Crippen molar-refractivity contribution in [2.45, 2.75) is 19.8 Å². The van der Waals surface area contributed by atoms with E-state index in [9.17, 15) is 9.59 Å². The van der Waals surface area contributed by atoms with E-state index < -0.39 is 6.03 Å². The van der Waals surface area contributed by atoms with E-state index in [1.54, 1.807) is 37.4 Å². The number of nitrogens with zero attached hydrogens (tertiary/aromatic N) is 2. The van der Waals surface area contributed by atoms with Gasteiger partial charge in [-0.1, -0.05) is 12.1 Å². The predicted octanol–water partition coefficient (Wildman–Crippen LogP) is 4.42. The third-order valence-corrected chi connectivity index (χ3v) is 6.59. The summed E-state index contributed by atoms with van der Waals surface area (Å²) in [6.07, 6.45) is 1.56. The fourth-order valence-electron chi connectivity index (χ4n) is 4.48. The van der Waals surface area contributed by atoms with E-state index in [0.717, 1.165) is 18.5 Å². The molecule has 202 valence electrons. The number of carbonyl (C=O) groups excluding carboxylic acids is 2. The van der Waals surface area contributed by atoms with Gasteiger partial charge in [-0.05, 0) is 49.7 Å². The molecule has 2 amide bonds. The van der Waals surface area contributed by atoms with Gasteiger partial charge in [-0.2, -0.15) is 0 Å². The molecule has 0 spiro atoms. The molecule has 0 bridgehead atoms. The van der Waals surface area contributed by atoms with Gasteiger partial charge in [0.05, 0.1) is 12.1 Å². The van der Waals surface area contributed by atoms with Crippen LogP contribution < -0.4 is 25.8 Å². The average Bonchev–Trinajstić information content (AvgIpc) is 3.21. The number of nitrogens with one attached hydrogen (secondary N) is 2. The summed E-state index contributed by atoms with van der Waals surface area (Å²) in [7, 11) is 0. The van der Waals surface area contributed by atoms with Crippen LogP contribution in [0.15, 0.2) is 60.8 Å². The van der Waals surface area contributed by atoms with E-state index in [0.29, 0.717) is 65.6 Å². The normalized spacial score (nSPS) is 13.2. The number of carbonyl (C=O) groups is 2. The Hall–Kier alpha value is -4.41. The second kappa shape index (κ2) is 11.5. The van der Waals surface area contributed by atoms with E-state index in [1.165, 1.54) is 10.1 Å². The van der Waals surface area contributed by atoms with Gasteiger partial charge in [-0.3, -0.25) is 9.36 Å². The second-order valence-corrected chi connectivity index (χ2v) is 9.27. The molecule has 1 fully saturated rings. The zero-order chi connectivity index (χ0) is 27.4. The van der Waals surface area contributed by atoms with Crippen molar-refractivity contribution in [2.24, 2.45) is 5.73 Å². The van der Waals surface area contributed by atoms with Gasteiger partial charge in [0.15, 0.2) is 11.5 Å². The van der Waals surface area contributed by atoms with Crippen LogP contribution in [0, 0.1) is 6.92 Å². The highest BCUT2D eigenvalue weighted by molar-refractivity contribution is 6.03. The number of rotatable bonds is 10. The summed E-state index contributed by atoms with van der Waals surface area (Å²) >= 11 is 0. The molecule has 4 aromatic rings. The number of primary amides is 1. The van der Waals surface area contributed by atoms with Crippen LogP contribution >= 0.6 is 0 Å². The van der Waals surface area contributed by atoms with Gasteiger partial charge in [0, 0.05) is 60.6 Å². The Morgan fingerprint density at radius 3 is 2.56 bits per heavy atom. The monoisotopic (exact) mass is 529 g/mol. The lowest BCUT2D eigenvalue weighted by Gasteiger charge is -2.27. The summed E-state index contributed by atoms with van der Waals surface area (Å²) in [5.41, 5.74) is 8.66. The molecule has 1 aliphatic rings. The lowest BCUT2D eigenvalue weighted by molar-refractivity contribution is 0.102. The molecule has 0 radical (unpaired) electrons. The lowest BCUT2D eigenvalue weighted by atomic mass is 9.93. The Bertz CT molecular complexity index is 1490. The van der Waals surface area contributed by atoms with Crippen LogP contribution in [0.3, 0.4) is 0 Å². The van der Waals surface area contributed by atoms with Crippen LogP contribution in [0.5, 0.6) is 17.2 Å². The zero-order valence-corrected chi connectivity index (χ0v) is 21.9. The van der Waals surface area contributed by atoms with Gasteiger partial charge in [-0.25, -0.2) is 9.78 Å². The highest BCUT2D eigenvalue weighted by Gasteiger charge is 2.19. The Morgan fingerprint density at radius 2 is 1.87 bits per heavy atom. The number of hydrogen-bond donors (Lipinski definition) is 3. The number of aromatic nitrogens is 2. The van der Waals surface area contributed by atoms with E-state index in [-0.39, 0.29) is 5.91 Å². The number of aryl methyl sites for hydroxylation is 1. The number of pyridine rings is 1. The maximum Gasteiger partial charge on any atom is 0.323 e. The third-order valence-electron chi connectivity index (χ3n) is 6.59. The molecular weight excluding hydrogens is 498 g/mol. The predicted molar refractivity (Wildman–Crippen MR) is 148 cm³/mol. The fraction of sp³-hybridized carbons (Fsp3) is 0.276. The average molecular weight is 530 g/mol. The molecule has 0 unspecified atom stereocenters. The smallest absolute Gasteiger partial charge is 0.323 e. The van der Waals surface area contributed by atoms with Crippen molar-refractivity contribution >= 4 is 28.7 Å². The lowest BCUT2D eigenvalue weighted by Crippen LogP contribution is -2.39. The minimum atomic E-state index is -0.583. The summed E-state index contributed by atoms with van der Waals surface area (Å²) in [6.45, 7) is 6.90. The quantitative estimate of drug-likeness (QED) is 0.259. The highest BCUT2D eigenvalue weighted by Crippen LogP contribution is 2.37. The molecule has 0 saturated carbocycles. The van der Waals surface area contributed by atoms with Gasteiger partial charge < -0.3 is 30.6 Å². The first-order chi connectivity index (χ1) is 18.9. The van der Waals surface area contributed by atoms with Gasteiger partial charge >= 0.3 is 6.03 Å². The summed E-state index contributed by atoms with van der Waals surface area (Å²) in [5.74, 6) is 1.90. The Kier molecular flexibility index (Phi) is 7.76. The van der Waals surface area contributed by atoms with Gasteiger partial charge in [0.2, 0.25) is 0 Å². The Morgan fingerprint density at radius 1 is 1.08 bits per heavy atom. The van der Waals surface area contributed by atoms with Crippen molar-refractivity contribution in [1.82, 2.24) is 14.9 Å². The number of fused-ring (bicyclic) bond motifs is 1. The summed E-state index contributed by atoms with van der Waals surface area (Å²) in [4.78, 5) is 29.1. The molecule has 1 saturated heterocycles. The first-order valence-electron chi connectivity index (χ1n) is 12.9. The van der Waals surface area contributed by atoms with E-state index >= 15 is 0 Å². The summed E-state index contributed by atoms with van der Waals surface area (Å²) < 4.78 is 18.9. The zero-order valence-electron chi connectivity index (χ0n) is 21.9. The van der Waals surface area contributed by atoms with Gasteiger partial charge in [-0.15, -0.1) is 0 Å². The minimum Gasteiger partial charge on any atom is -0.487 e. The van der Waals surface area contributed by atoms with Crippen molar-refractivity contribution in [3.05, 3.63) is 77.6 Å². The molecule has 1 aliphatic heterocycles. The van der Waals surface area contributed by atoms with Crippen LogP contribution in [0.1, 0.15) is 34.5 Å². The minimum absolute atomic E-state index is 0.262. The van der Waals surface area contributed by atoms with Crippen molar-refractivity contribution in [3.8, 4) is 17.2 Å². The van der Waals surface area contributed by atoms with Crippen LogP contribution in [0.25, 0.3) is 10.9 Å². The van der Waals surface area contributed by atoms with Gasteiger partial charge in [0.25, 0.3) is 5.91 Å². The number of amides is 2. The van der Waals surface area contributed by atoms with Gasteiger partial charge in [0.1, 0.15) is 18.2 Å². The van der Waals surface area contributed by atoms with Crippen molar-refractivity contribution in [1.29, 1.82) is 0 Å². The summed E-state index contributed by atoms with van der Waals surface area (Å²) in [6, 6.07) is 15.7. The molecule has 2 aromatic carbocycles. The number of hydrogen-bond acceptors (Lipinski definition) is 7. The number of nitrogens with two attached hydrogens (primary N) is 1. The maximum atomic E-state index is 12.8. The van der Waals surface area contributed by atoms with Crippen molar-refractivity contribution < 1.29 is 23.8 Å². The third kappa shape index (κ3) is 5.87. The highest BCUT2D eigenvalue weighted by atomic mass is 16.5. The molecule has 0 aliphatic carbocycles. The van der Waals surface area contributed by atoms with E-state index in [2.05, 4.69) is 15.6 Å². The molecule has 3 heterocycles. The van der Waals surface area contributed by atoms with Crippen LogP contribution in [-0.4, -0.2) is 54.4 Å². The van der Waals surface area contributed by atoms with E-state index in [1.807, 2.05) is 37.3 Å². The number of benzene rings is 2.